The molecule has 0 saturated carbocycles. The van der Waals surface area contributed by atoms with Gasteiger partial charge in [-0.25, -0.2) is 0 Å². The van der Waals surface area contributed by atoms with E-state index in [0.29, 0.717) is 17.3 Å². The number of likely N-dealkylation sites (N-methyl/N-ethyl adjacent to an activating group) is 1. The summed E-state index contributed by atoms with van der Waals surface area (Å²) in [5.41, 5.74) is 0. The van der Waals surface area contributed by atoms with Crippen molar-refractivity contribution in [2.75, 3.05) is 26.5 Å². The summed E-state index contributed by atoms with van der Waals surface area (Å²) in [5, 5.41) is 13.2. The molecule has 0 aliphatic rings. The molecule has 90 valence electrons. The molecular weight excluding hydrogens is 246 g/mol. The van der Waals surface area contributed by atoms with Crippen LogP contribution in [0.4, 0.5) is 0 Å². The molecular formula is C11H16ClNO2S. The lowest BCUT2D eigenvalue weighted by Crippen LogP contribution is -2.25. The fourth-order valence-electron chi connectivity index (χ4n) is 1.24. The Hall–Kier alpha value is -0.420. The molecule has 1 rings (SSSR count). The predicted molar refractivity (Wildman–Crippen MR) is 68.7 cm³/mol. The summed E-state index contributed by atoms with van der Waals surface area (Å²) in [4.78, 5) is 0.949. The van der Waals surface area contributed by atoms with Gasteiger partial charge in [0.05, 0.1) is 18.1 Å². The summed E-state index contributed by atoms with van der Waals surface area (Å²) >= 11 is 7.44. The zero-order valence-corrected chi connectivity index (χ0v) is 10.9. The largest absolute Gasteiger partial charge is 0.496 e. The molecule has 0 spiro atoms. The van der Waals surface area contributed by atoms with Crippen LogP contribution in [0.1, 0.15) is 0 Å². The molecule has 0 aromatic heterocycles. The highest BCUT2D eigenvalue weighted by Crippen LogP contribution is 2.32. The fraction of sp³-hybridized carbons (Fsp3) is 0.455. The van der Waals surface area contributed by atoms with E-state index in [1.807, 2.05) is 19.2 Å². The van der Waals surface area contributed by atoms with Crippen molar-refractivity contribution in [2.24, 2.45) is 0 Å². The molecule has 16 heavy (non-hydrogen) atoms. The summed E-state index contributed by atoms with van der Waals surface area (Å²) in [5.74, 6) is 1.39. The third-order valence-electron chi connectivity index (χ3n) is 2.00. The maximum Gasteiger partial charge on any atom is 0.132 e. The zero-order chi connectivity index (χ0) is 12.0. The van der Waals surface area contributed by atoms with Gasteiger partial charge in [-0.05, 0) is 25.2 Å². The van der Waals surface area contributed by atoms with Gasteiger partial charge in [-0.15, -0.1) is 11.8 Å². The van der Waals surface area contributed by atoms with E-state index in [2.05, 4.69) is 5.32 Å². The summed E-state index contributed by atoms with van der Waals surface area (Å²) < 4.78 is 5.22. The molecule has 2 N–H and O–H groups in total. The Balaban J connectivity index is 2.61. The Labute approximate surface area is 105 Å². The molecule has 0 aliphatic carbocycles. The van der Waals surface area contributed by atoms with Crippen molar-refractivity contribution in [3.05, 3.63) is 23.2 Å². The molecule has 0 radical (unpaired) electrons. The van der Waals surface area contributed by atoms with Crippen LogP contribution in [-0.4, -0.2) is 37.7 Å². The summed E-state index contributed by atoms with van der Waals surface area (Å²) in [6.07, 6.45) is -0.376. The number of benzene rings is 1. The molecule has 0 amide bonds. The van der Waals surface area contributed by atoms with Gasteiger partial charge in [0.25, 0.3) is 0 Å². The Kier molecular flexibility index (Phi) is 5.98. The molecule has 5 heteroatoms. The third-order valence-corrected chi connectivity index (χ3v) is 3.41. The number of nitrogens with one attached hydrogen (secondary N) is 1. The minimum absolute atomic E-state index is 0.376. The lowest BCUT2D eigenvalue weighted by atomic mass is 10.3. The molecule has 0 bridgehead atoms. The van der Waals surface area contributed by atoms with Crippen LogP contribution < -0.4 is 10.1 Å². The number of aliphatic hydroxyl groups excluding tert-OH is 1. The van der Waals surface area contributed by atoms with Gasteiger partial charge in [-0.3, -0.25) is 0 Å². The Morgan fingerprint density at radius 1 is 1.56 bits per heavy atom. The third kappa shape index (κ3) is 4.22. The van der Waals surface area contributed by atoms with E-state index in [4.69, 9.17) is 16.3 Å². The first-order valence-electron chi connectivity index (χ1n) is 4.96. The van der Waals surface area contributed by atoms with Crippen LogP contribution in [0.15, 0.2) is 23.1 Å². The van der Waals surface area contributed by atoms with Gasteiger partial charge in [0, 0.05) is 17.3 Å². The number of aliphatic hydroxyl groups is 1. The van der Waals surface area contributed by atoms with Crippen LogP contribution in [0.2, 0.25) is 5.02 Å². The Bertz CT molecular complexity index is 336. The average molecular weight is 262 g/mol. The molecule has 1 aromatic carbocycles. The number of ether oxygens (including phenoxy) is 1. The van der Waals surface area contributed by atoms with Crippen LogP contribution in [0.3, 0.4) is 0 Å². The number of hydrogen-bond acceptors (Lipinski definition) is 4. The van der Waals surface area contributed by atoms with Gasteiger partial charge < -0.3 is 15.2 Å². The van der Waals surface area contributed by atoms with Gasteiger partial charge in [0.15, 0.2) is 0 Å². The minimum atomic E-state index is -0.376. The predicted octanol–water partition coefficient (Wildman–Crippen LogP) is 2.02. The van der Waals surface area contributed by atoms with Crippen molar-refractivity contribution in [1.29, 1.82) is 0 Å². The lowest BCUT2D eigenvalue weighted by molar-refractivity contribution is 0.199. The SMILES string of the molecule is CNCC(O)CSc1cc(Cl)ccc1OC. The van der Waals surface area contributed by atoms with Crippen LogP contribution >= 0.6 is 23.4 Å². The molecule has 1 unspecified atom stereocenters. The molecule has 0 saturated heterocycles. The second-order valence-electron chi connectivity index (χ2n) is 3.32. The van der Waals surface area contributed by atoms with Crippen molar-refractivity contribution >= 4 is 23.4 Å². The lowest BCUT2D eigenvalue weighted by Gasteiger charge is -2.11. The maximum atomic E-state index is 9.59. The monoisotopic (exact) mass is 261 g/mol. The van der Waals surface area contributed by atoms with E-state index >= 15 is 0 Å². The van der Waals surface area contributed by atoms with E-state index in [0.717, 1.165) is 10.6 Å². The normalized spacial score (nSPS) is 12.5. The highest BCUT2D eigenvalue weighted by molar-refractivity contribution is 7.99. The van der Waals surface area contributed by atoms with E-state index in [9.17, 15) is 5.11 Å². The van der Waals surface area contributed by atoms with Crippen molar-refractivity contribution in [3.8, 4) is 5.75 Å². The van der Waals surface area contributed by atoms with E-state index < -0.39 is 0 Å². The van der Waals surface area contributed by atoms with Gasteiger partial charge in [0.2, 0.25) is 0 Å². The summed E-state index contributed by atoms with van der Waals surface area (Å²) in [6.45, 7) is 0.579. The zero-order valence-electron chi connectivity index (χ0n) is 9.37. The summed E-state index contributed by atoms with van der Waals surface area (Å²) in [6, 6.07) is 5.46. The molecule has 1 atom stereocenters. The van der Waals surface area contributed by atoms with Gasteiger partial charge in [0.1, 0.15) is 5.75 Å². The highest BCUT2D eigenvalue weighted by atomic mass is 35.5. The fourth-order valence-corrected chi connectivity index (χ4v) is 2.47. The van der Waals surface area contributed by atoms with Gasteiger partial charge >= 0.3 is 0 Å². The van der Waals surface area contributed by atoms with Crippen molar-refractivity contribution in [1.82, 2.24) is 5.32 Å². The standard InChI is InChI=1S/C11H16ClNO2S/c1-13-6-9(14)7-16-11-5-8(12)3-4-10(11)15-2/h3-5,9,13-14H,6-7H2,1-2H3. The molecule has 0 fully saturated rings. The van der Waals surface area contributed by atoms with Gasteiger partial charge in [-0.1, -0.05) is 11.6 Å². The second-order valence-corrected chi connectivity index (χ2v) is 4.82. The quantitative estimate of drug-likeness (QED) is 0.769. The Morgan fingerprint density at radius 2 is 2.31 bits per heavy atom. The van der Waals surface area contributed by atoms with Crippen LogP contribution in [0.5, 0.6) is 5.75 Å². The number of hydrogen-bond donors (Lipinski definition) is 2. The first kappa shape index (κ1) is 13.6. The first-order chi connectivity index (χ1) is 7.67. The van der Waals surface area contributed by atoms with E-state index in [1.165, 1.54) is 11.8 Å². The van der Waals surface area contributed by atoms with Crippen molar-refractivity contribution in [3.63, 3.8) is 0 Å². The van der Waals surface area contributed by atoms with Gasteiger partial charge in [-0.2, -0.15) is 0 Å². The van der Waals surface area contributed by atoms with Crippen molar-refractivity contribution < 1.29 is 9.84 Å². The molecule has 3 nitrogen and oxygen atoms in total. The molecule has 0 aliphatic heterocycles. The minimum Gasteiger partial charge on any atom is -0.496 e. The average Bonchev–Trinajstić information content (AvgIpc) is 2.27. The van der Waals surface area contributed by atoms with Crippen LogP contribution in [-0.2, 0) is 0 Å². The second kappa shape index (κ2) is 7.01. The Morgan fingerprint density at radius 3 is 2.94 bits per heavy atom. The number of methoxy groups -OCH3 is 1. The highest BCUT2D eigenvalue weighted by Gasteiger charge is 2.08. The topological polar surface area (TPSA) is 41.5 Å². The number of thioether (sulfide) groups is 1. The number of halogens is 1. The van der Waals surface area contributed by atoms with Crippen LogP contribution in [0, 0.1) is 0 Å². The summed E-state index contributed by atoms with van der Waals surface area (Å²) in [7, 11) is 3.44. The van der Waals surface area contributed by atoms with Crippen molar-refractivity contribution in [2.45, 2.75) is 11.0 Å². The van der Waals surface area contributed by atoms with E-state index in [-0.39, 0.29) is 6.10 Å². The number of rotatable bonds is 6. The van der Waals surface area contributed by atoms with Crippen LogP contribution in [0.25, 0.3) is 0 Å². The smallest absolute Gasteiger partial charge is 0.132 e. The van der Waals surface area contributed by atoms with E-state index in [1.54, 1.807) is 13.2 Å². The molecule has 1 aromatic rings. The molecule has 0 heterocycles. The maximum absolute atomic E-state index is 9.59. The first-order valence-corrected chi connectivity index (χ1v) is 6.32.